The number of aromatic nitrogens is 5. The molecular formula is C23H14F7N5O2. The zero-order valence-corrected chi connectivity index (χ0v) is 18.3. The number of tetrazole rings is 1. The summed E-state index contributed by atoms with van der Waals surface area (Å²) in [6.45, 7) is 3.41. The molecule has 2 aromatic heterocycles. The van der Waals surface area contributed by atoms with Gasteiger partial charge >= 0.3 is 12.3 Å². The van der Waals surface area contributed by atoms with Crippen molar-refractivity contribution >= 4 is 5.70 Å². The predicted octanol–water partition coefficient (Wildman–Crippen LogP) is 5.06. The maximum atomic E-state index is 15.9. The van der Waals surface area contributed by atoms with E-state index in [-0.39, 0.29) is 5.56 Å². The van der Waals surface area contributed by atoms with E-state index in [1.807, 2.05) is 0 Å². The quantitative estimate of drug-likeness (QED) is 0.340. The van der Waals surface area contributed by atoms with Crippen LogP contribution >= 0.6 is 0 Å². The molecule has 0 aliphatic rings. The minimum absolute atomic E-state index is 0.230. The Labute approximate surface area is 203 Å². The molecule has 0 spiro atoms. The lowest BCUT2D eigenvalue weighted by molar-refractivity contribution is -0.274. The van der Waals surface area contributed by atoms with Crippen LogP contribution in [0.5, 0.6) is 5.75 Å². The first-order valence-electron chi connectivity index (χ1n) is 10.1. The molecule has 4 rings (SSSR count). The summed E-state index contributed by atoms with van der Waals surface area (Å²) in [6.07, 6.45) is -3.07. The van der Waals surface area contributed by atoms with Gasteiger partial charge in [-0.1, -0.05) is 24.8 Å². The third kappa shape index (κ3) is 4.87. The van der Waals surface area contributed by atoms with Crippen molar-refractivity contribution in [3.05, 3.63) is 96.6 Å². The van der Waals surface area contributed by atoms with Gasteiger partial charge in [0.2, 0.25) is 5.60 Å². The highest BCUT2D eigenvalue weighted by molar-refractivity contribution is 5.64. The van der Waals surface area contributed by atoms with Gasteiger partial charge in [-0.3, -0.25) is 4.98 Å². The van der Waals surface area contributed by atoms with Gasteiger partial charge < -0.3 is 9.84 Å². The summed E-state index contributed by atoms with van der Waals surface area (Å²) in [7, 11) is 0. The summed E-state index contributed by atoms with van der Waals surface area (Å²) in [5.74, 6) is -7.43. The molecule has 2 heterocycles. The van der Waals surface area contributed by atoms with Crippen molar-refractivity contribution in [2.24, 2.45) is 0 Å². The molecule has 2 aromatic carbocycles. The van der Waals surface area contributed by atoms with Crippen molar-refractivity contribution in [2.75, 3.05) is 0 Å². The zero-order valence-electron chi connectivity index (χ0n) is 18.3. The monoisotopic (exact) mass is 525 g/mol. The largest absolute Gasteiger partial charge is 0.573 e. The first-order chi connectivity index (χ1) is 17.3. The lowest BCUT2D eigenvalue weighted by Crippen LogP contribution is -2.46. The first kappa shape index (κ1) is 25.8. The van der Waals surface area contributed by atoms with Gasteiger partial charge in [-0.25, -0.2) is 13.5 Å². The molecular weight excluding hydrogens is 511 g/mol. The highest BCUT2D eigenvalue weighted by atomic mass is 19.4. The zero-order chi connectivity index (χ0) is 27.0. The predicted molar refractivity (Wildman–Crippen MR) is 114 cm³/mol. The smallest absolute Gasteiger partial charge is 0.406 e. The first-order valence-corrected chi connectivity index (χ1v) is 10.1. The Bertz CT molecular complexity index is 1410. The molecule has 7 nitrogen and oxygen atoms in total. The fourth-order valence-electron chi connectivity index (χ4n) is 3.52. The second kappa shape index (κ2) is 9.28. The second-order valence-electron chi connectivity index (χ2n) is 7.61. The molecule has 1 N–H and O–H groups in total. The fraction of sp³-hybridized carbons (Fsp3) is 0.130. The molecule has 37 heavy (non-hydrogen) atoms. The van der Waals surface area contributed by atoms with Gasteiger partial charge in [-0.15, -0.1) is 18.3 Å². The Hall–Kier alpha value is -4.33. The van der Waals surface area contributed by atoms with E-state index in [4.69, 9.17) is 0 Å². The van der Waals surface area contributed by atoms with E-state index >= 15 is 8.78 Å². The molecule has 1 unspecified atom stereocenters. The summed E-state index contributed by atoms with van der Waals surface area (Å²) >= 11 is 0. The van der Waals surface area contributed by atoms with Crippen molar-refractivity contribution in [3.63, 3.8) is 0 Å². The molecule has 0 bridgehead atoms. The van der Waals surface area contributed by atoms with E-state index in [0.717, 1.165) is 36.8 Å². The van der Waals surface area contributed by atoms with Crippen LogP contribution in [0.15, 0.2) is 73.7 Å². The maximum absolute atomic E-state index is 15.9. The second-order valence-corrected chi connectivity index (χ2v) is 7.61. The van der Waals surface area contributed by atoms with Crippen LogP contribution in [-0.2, 0) is 11.5 Å². The number of pyridine rings is 1. The summed E-state index contributed by atoms with van der Waals surface area (Å²) in [4.78, 5) is 3.69. The Morgan fingerprint density at radius 1 is 0.919 bits per heavy atom. The standard InChI is InChI=1S/C23H14F7N5O2/c1-13(35-12-32-33-34-35)21(36,18-8-5-16(24)10-19(18)25)22(26,27)20-9-4-15(11-31-20)14-2-6-17(7-3-14)37-23(28,29)30/h2-12,36H,1H2. The molecule has 0 fully saturated rings. The number of rotatable bonds is 7. The van der Waals surface area contributed by atoms with Crippen molar-refractivity contribution < 1.29 is 40.6 Å². The van der Waals surface area contributed by atoms with E-state index in [0.29, 0.717) is 28.4 Å². The van der Waals surface area contributed by atoms with Crippen LogP contribution in [0, 0.1) is 11.6 Å². The van der Waals surface area contributed by atoms with Gasteiger partial charge in [0.15, 0.2) is 0 Å². The average molecular weight is 525 g/mol. The Kier molecular flexibility index (Phi) is 6.46. The normalized spacial score (nSPS) is 13.7. The molecule has 14 heteroatoms. The van der Waals surface area contributed by atoms with Gasteiger partial charge in [0, 0.05) is 23.4 Å². The van der Waals surface area contributed by atoms with Gasteiger partial charge in [0.25, 0.3) is 0 Å². The summed E-state index contributed by atoms with van der Waals surface area (Å²) < 4.78 is 101. The van der Waals surface area contributed by atoms with Crippen LogP contribution in [0.25, 0.3) is 16.8 Å². The lowest BCUT2D eigenvalue weighted by atomic mass is 9.82. The average Bonchev–Trinajstić information content (AvgIpc) is 3.37. The molecule has 0 amide bonds. The van der Waals surface area contributed by atoms with E-state index < -0.39 is 52.2 Å². The minimum Gasteiger partial charge on any atom is -0.406 e. The molecule has 192 valence electrons. The molecule has 0 saturated carbocycles. The van der Waals surface area contributed by atoms with Crippen molar-refractivity contribution in [2.45, 2.75) is 17.9 Å². The van der Waals surface area contributed by atoms with Gasteiger partial charge in [0.05, 0.1) is 5.70 Å². The minimum atomic E-state index is -4.89. The molecule has 0 saturated heterocycles. The van der Waals surface area contributed by atoms with Crippen LogP contribution in [-0.4, -0.2) is 36.7 Å². The Balaban J connectivity index is 1.73. The van der Waals surface area contributed by atoms with Gasteiger partial charge in [-0.05, 0) is 46.3 Å². The van der Waals surface area contributed by atoms with Crippen LogP contribution in [0.1, 0.15) is 11.3 Å². The number of alkyl halides is 5. The topological polar surface area (TPSA) is 86.0 Å². The van der Waals surface area contributed by atoms with Crippen LogP contribution in [0.2, 0.25) is 0 Å². The highest BCUT2D eigenvalue weighted by Crippen LogP contribution is 2.50. The number of aliphatic hydroxyl groups is 1. The van der Waals surface area contributed by atoms with E-state index in [2.05, 4.69) is 31.8 Å². The molecule has 0 aliphatic heterocycles. The third-order valence-corrected chi connectivity index (χ3v) is 5.32. The SMILES string of the molecule is C=C(n1cnnn1)C(O)(c1ccc(F)cc1F)C(F)(F)c1ccc(-c2ccc(OC(F)(F)F)cc2)cn1. The molecule has 0 radical (unpaired) electrons. The summed E-state index contributed by atoms with van der Waals surface area (Å²) in [6, 6.07) is 8.16. The number of nitrogens with zero attached hydrogens (tertiary/aromatic N) is 5. The number of benzene rings is 2. The van der Waals surface area contributed by atoms with E-state index in [9.17, 15) is 27.1 Å². The Morgan fingerprint density at radius 3 is 2.14 bits per heavy atom. The molecule has 1 atom stereocenters. The van der Waals surface area contributed by atoms with E-state index in [1.165, 1.54) is 12.1 Å². The molecule has 0 aliphatic carbocycles. The highest BCUT2D eigenvalue weighted by Gasteiger charge is 2.60. The molecule has 4 aromatic rings. The number of hydrogen-bond donors (Lipinski definition) is 1. The van der Waals surface area contributed by atoms with Crippen LogP contribution < -0.4 is 4.74 Å². The van der Waals surface area contributed by atoms with Crippen molar-refractivity contribution in [1.29, 1.82) is 0 Å². The van der Waals surface area contributed by atoms with Gasteiger partial charge in [0.1, 0.15) is 29.4 Å². The lowest BCUT2D eigenvalue weighted by Gasteiger charge is -2.37. The number of ether oxygens (including phenoxy) is 1. The summed E-state index contributed by atoms with van der Waals surface area (Å²) in [5, 5.41) is 21.3. The fourth-order valence-corrected chi connectivity index (χ4v) is 3.52. The van der Waals surface area contributed by atoms with Crippen molar-refractivity contribution in [1.82, 2.24) is 25.2 Å². The Morgan fingerprint density at radius 2 is 1.59 bits per heavy atom. The third-order valence-electron chi connectivity index (χ3n) is 5.32. The number of hydrogen-bond acceptors (Lipinski definition) is 6. The number of halogens is 7. The van der Waals surface area contributed by atoms with Crippen molar-refractivity contribution in [3.8, 4) is 16.9 Å². The van der Waals surface area contributed by atoms with E-state index in [1.54, 1.807) is 0 Å². The van der Waals surface area contributed by atoms with Crippen LogP contribution in [0.3, 0.4) is 0 Å². The maximum Gasteiger partial charge on any atom is 0.573 e. The summed E-state index contributed by atoms with van der Waals surface area (Å²) in [5.41, 5.74) is -5.91. The van der Waals surface area contributed by atoms with Gasteiger partial charge in [-0.2, -0.15) is 8.78 Å². The van der Waals surface area contributed by atoms with Crippen LogP contribution in [0.4, 0.5) is 30.7 Å².